The molecule has 0 spiro atoms. The zero-order valence-electron chi connectivity index (χ0n) is 19.8. The quantitative estimate of drug-likeness (QED) is 0.415. The number of hydrogen-bond acceptors (Lipinski definition) is 5. The van der Waals surface area contributed by atoms with Crippen molar-refractivity contribution in [1.29, 1.82) is 0 Å². The molecule has 180 valence electrons. The summed E-state index contributed by atoms with van der Waals surface area (Å²) < 4.78 is 8.48. The normalized spacial score (nSPS) is 15.2. The maximum atomic E-state index is 12.9. The lowest BCUT2D eigenvalue weighted by molar-refractivity contribution is 0.0689. The fourth-order valence-electron chi connectivity index (χ4n) is 4.30. The van der Waals surface area contributed by atoms with E-state index in [0.29, 0.717) is 24.1 Å². The van der Waals surface area contributed by atoms with Gasteiger partial charge >= 0.3 is 0 Å². The van der Waals surface area contributed by atoms with Gasteiger partial charge in [-0.2, -0.15) is 5.10 Å². The van der Waals surface area contributed by atoms with Crippen molar-refractivity contribution in [2.45, 2.75) is 39.2 Å². The number of benzene rings is 1. The number of halogens is 1. The standard InChI is InChI=1S/C26H32BrN5O2/c1-3-34-24-7-4-20(5-8-24)14-19(2)15-28-25-9-6-21(16-29-25)26(33)31-12-10-23(11-13-31)32-18-22(27)17-30-32/h4-9,16-19,23H,3,10-15H2,1-2H3,(H,28,29). The third kappa shape index (κ3) is 6.38. The molecule has 34 heavy (non-hydrogen) atoms. The zero-order chi connectivity index (χ0) is 23.9. The van der Waals surface area contributed by atoms with Crippen LogP contribution in [0.5, 0.6) is 5.75 Å². The van der Waals surface area contributed by atoms with Crippen LogP contribution in [0.25, 0.3) is 0 Å². The Morgan fingerprint density at radius 2 is 1.94 bits per heavy atom. The van der Waals surface area contributed by atoms with Gasteiger partial charge in [0.25, 0.3) is 5.91 Å². The van der Waals surface area contributed by atoms with E-state index in [2.05, 4.69) is 50.4 Å². The Balaban J connectivity index is 1.23. The third-order valence-electron chi connectivity index (χ3n) is 6.16. The topological polar surface area (TPSA) is 72.3 Å². The highest BCUT2D eigenvalue weighted by Crippen LogP contribution is 2.24. The van der Waals surface area contributed by atoms with Crippen molar-refractivity contribution in [2.24, 2.45) is 5.92 Å². The van der Waals surface area contributed by atoms with Crippen molar-refractivity contribution in [3.63, 3.8) is 0 Å². The predicted octanol–water partition coefficient (Wildman–Crippen LogP) is 5.21. The minimum absolute atomic E-state index is 0.0445. The highest BCUT2D eigenvalue weighted by molar-refractivity contribution is 9.10. The SMILES string of the molecule is CCOc1ccc(CC(C)CNc2ccc(C(=O)N3CCC(n4cc(Br)cn4)CC3)cn2)cc1. The van der Waals surface area contributed by atoms with E-state index < -0.39 is 0 Å². The van der Waals surface area contributed by atoms with Crippen LogP contribution in [-0.2, 0) is 6.42 Å². The molecule has 1 N–H and O–H groups in total. The maximum absolute atomic E-state index is 12.9. The number of amides is 1. The number of rotatable bonds is 9. The number of likely N-dealkylation sites (tertiary alicyclic amines) is 1. The largest absolute Gasteiger partial charge is 0.494 e. The van der Waals surface area contributed by atoms with Gasteiger partial charge < -0.3 is 15.0 Å². The van der Waals surface area contributed by atoms with Crippen LogP contribution in [0.4, 0.5) is 5.82 Å². The van der Waals surface area contributed by atoms with Gasteiger partial charge in [0.2, 0.25) is 0 Å². The fraction of sp³-hybridized carbons (Fsp3) is 0.423. The molecule has 1 fully saturated rings. The Labute approximate surface area is 209 Å². The van der Waals surface area contributed by atoms with Crippen LogP contribution >= 0.6 is 15.9 Å². The van der Waals surface area contributed by atoms with Gasteiger partial charge in [-0.3, -0.25) is 9.48 Å². The highest BCUT2D eigenvalue weighted by atomic mass is 79.9. The molecule has 1 aliphatic rings. The summed E-state index contributed by atoms with van der Waals surface area (Å²) in [6, 6.07) is 12.4. The van der Waals surface area contributed by atoms with E-state index in [1.165, 1.54) is 5.56 Å². The number of carbonyl (C=O) groups is 1. The summed E-state index contributed by atoms with van der Waals surface area (Å²) in [6.07, 6.45) is 8.26. The summed E-state index contributed by atoms with van der Waals surface area (Å²) in [5.41, 5.74) is 1.92. The molecule has 0 radical (unpaired) electrons. The van der Waals surface area contributed by atoms with Gasteiger partial charge in [0.05, 0.1) is 28.9 Å². The van der Waals surface area contributed by atoms with Gasteiger partial charge in [-0.05, 0) is 77.9 Å². The summed E-state index contributed by atoms with van der Waals surface area (Å²) in [5.74, 6) is 2.19. The van der Waals surface area contributed by atoms with Crippen LogP contribution in [0.3, 0.4) is 0 Å². The number of nitrogens with one attached hydrogen (secondary N) is 1. The smallest absolute Gasteiger partial charge is 0.255 e. The van der Waals surface area contributed by atoms with Crippen molar-refractivity contribution >= 4 is 27.7 Å². The van der Waals surface area contributed by atoms with Gasteiger partial charge in [0.15, 0.2) is 0 Å². The van der Waals surface area contributed by atoms with E-state index in [1.807, 2.05) is 47.0 Å². The first-order valence-electron chi connectivity index (χ1n) is 11.9. The Bertz CT molecular complexity index is 1060. The molecule has 1 aromatic carbocycles. The molecular formula is C26H32BrN5O2. The summed E-state index contributed by atoms with van der Waals surface area (Å²) >= 11 is 3.45. The average molecular weight is 526 g/mol. The summed E-state index contributed by atoms with van der Waals surface area (Å²) in [4.78, 5) is 19.3. The predicted molar refractivity (Wildman–Crippen MR) is 137 cm³/mol. The second kappa shape index (κ2) is 11.5. The number of piperidine rings is 1. The highest BCUT2D eigenvalue weighted by Gasteiger charge is 2.25. The Morgan fingerprint density at radius 3 is 2.56 bits per heavy atom. The molecule has 3 aromatic rings. The summed E-state index contributed by atoms with van der Waals surface area (Å²) in [7, 11) is 0. The molecule has 4 rings (SSSR count). The Kier molecular flexibility index (Phi) is 8.21. The lowest BCUT2D eigenvalue weighted by Crippen LogP contribution is -2.39. The Hall–Kier alpha value is -2.87. The lowest BCUT2D eigenvalue weighted by Gasteiger charge is -2.32. The molecule has 7 nitrogen and oxygen atoms in total. The molecule has 0 bridgehead atoms. The first kappa shape index (κ1) is 24.3. The third-order valence-corrected chi connectivity index (χ3v) is 6.57. The number of hydrogen-bond donors (Lipinski definition) is 1. The van der Waals surface area contributed by atoms with Gasteiger partial charge in [0, 0.05) is 32.0 Å². The molecule has 1 saturated heterocycles. The second-order valence-corrected chi connectivity index (χ2v) is 9.78. The summed E-state index contributed by atoms with van der Waals surface area (Å²) in [6.45, 7) is 7.15. The van der Waals surface area contributed by atoms with E-state index in [1.54, 1.807) is 12.4 Å². The van der Waals surface area contributed by atoms with E-state index >= 15 is 0 Å². The van der Waals surface area contributed by atoms with Crippen LogP contribution in [0, 0.1) is 5.92 Å². The molecule has 1 aliphatic heterocycles. The number of aromatic nitrogens is 3. The van der Waals surface area contributed by atoms with Gasteiger partial charge in [-0.1, -0.05) is 19.1 Å². The zero-order valence-corrected chi connectivity index (χ0v) is 21.4. The van der Waals surface area contributed by atoms with Gasteiger partial charge in [0.1, 0.15) is 11.6 Å². The van der Waals surface area contributed by atoms with Crippen molar-refractivity contribution < 1.29 is 9.53 Å². The van der Waals surface area contributed by atoms with Gasteiger partial charge in [-0.15, -0.1) is 0 Å². The van der Waals surface area contributed by atoms with E-state index in [9.17, 15) is 4.79 Å². The molecule has 3 heterocycles. The fourth-order valence-corrected chi connectivity index (χ4v) is 4.60. The van der Waals surface area contributed by atoms with Crippen LogP contribution in [0.1, 0.15) is 48.7 Å². The number of nitrogens with zero attached hydrogens (tertiary/aromatic N) is 4. The first-order chi connectivity index (χ1) is 16.5. The molecular weight excluding hydrogens is 494 g/mol. The van der Waals surface area contributed by atoms with E-state index in [-0.39, 0.29) is 5.91 Å². The molecule has 2 aromatic heterocycles. The van der Waals surface area contributed by atoms with Crippen molar-refractivity contribution in [3.05, 3.63) is 70.6 Å². The van der Waals surface area contributed by atoms with Crippen molar-refractivity contribution in [2.75, 3.05) is 31.6 Å². The number of ether oxygens (including phenoxy) is 1. The first-order valence-corrected chi connectivity index (χ1v) is 12.7. The number of pyridine rings is 1. The number of anilines is 1. The average Bonchev–Trinajstić information content (AvgIpc) is 3.30. The van der Waals surface area contributed by atoms with Crippen LogP contribution in [0.15, 0.2) is 59.5 Å². The van der Waals surface area contributed by atoms with Gasteiger partial charge in [-0.25, -0.2) is 4.98 Å². The molecule has 1 atom stereocenters. The van der Waals surface area contributed by atoms with Crippen LogP contribution in [-0.4, -0.2) is 51.8 Å². The maximum Gasteiger partial charge on any atom is 0.255 e. The molecule has 0 saturated carbocycles. The van der Waals surface area contributed by atoms with Crippen molar-refractivity contribution in [3.8, 4) is 5.75 Å². The van der Waals surface area contributed by atoms with Crippen molar-refractivity contribution in [1.82, 2.24) is 19.7 Å². The molecule has 1 unspecified atom stereocenters. The Morgan fingerprint density at radius 1 is 1.18 bits per heavy atom. The van der Waals surface area contributed by atoms with Crippen LogP contribution < -0.4 is 10.1 Å². The monoisotopic (exact) mass is 525 g/mol. The summed E-state index contributed by atoms with van der Waals surface area (Å²) in [5, 5.41) is 7.78. The molecule has 1 amide bonds. The minimum Gasteiger partial charge on any atom is -0.494 e. The van der Waals surface area contributed by atoms with E-state index in [4.69, 9.17) is 4.74 Å². The van der Waals surface area contributed by atoms with E-state index in [0.717, 1.165) is 54.9 Å². The second-order valence-electron chi connectivity index (χ2n) is 8.86. The molecule has 0 aliphatic carbocycles. The lowest BCUT2D eigenvalue weighted by atomic mass is 10.0. The molecule has 8 heteroatoms. The van der Waals surface area contributed by atoms with Crippen LogP contribution in [0.2, 0.25) is 0 Å². The number of carbonyl (C=O) groups excluding carboxylic acids is 1. The minimum atomic E-state index is 0.0445.